The third-order valence-electron chi connectivity index (χ3n) is 4.03. The van der Waals surface area contributed by atoms with E-state index in [1.165, 1.54) is 0 Å². The summed E-state index contributed by atoms with van der Waals surface area (Å²) in [7, 11) is 0. The van der Waals surface area contributed by atoms with Crippen LogP contribution in [0, 0.1) is 0 Å². The molecule has 1 amide bonds. The van der Waals surface area contributed by atoms with Crippen molar-refractivity contribution in [1.29, 1.82) is 0 Å². The summed E-state index contributed by atoms with van der Waals surface area (Å²) >= 11 is 8.71. The van der Waals surface area contributed by atoms with Gasteiger partial charge in [-0.1, -0.05) is 48.7 Å². The minimum Gasteiger partial charge on any atom is -0.494 e. The summed E-state index contributed by atoms with van der Waals surface area (Å²) < 4.78 is 12.2. The zero-order valence-corrected chi connectivity index (χ0v) is 19.2. The zero-order chi connectivity index (χ0) is 21.1. The van der Waals surface area contributed by atoms with E-state index in [1.54, 1.807) is 12.1 Å². The number of anilines is 1. The summed E-state index contributed by atoms with van der Waals surface area (Å²) in [6, 6.07) is 12.8. The molecule has 2 aromatic rings. The number of halogens is 1. The minimum atomic E-state index is -0.328. The summed E-state index contributed by atoms with van der Waals surface area (Å²) in [6.45, 7) is 5.44. The van der Waals surface area contributed by atoms with E-state index in [9.17, 15) is 4.79 Å². The average Bonchev–Trinajstić information content (AvgIpc) is 2.69. The monoisotopic (exact) mass is 478 g/mol. The van der Waals surface area contributed by atoms with Crippen LogP contribution in [0.15, 0.2) is 46.9 Å². The highest BCUT2D eigenvalue weighted by Crippen LogP contribution is 2.24. The lowest BCUT2D eigenvalue weighted by Crippen LogP contribution is -2.34. The number of amides is 1. The van der Waals surface area contributed by atoms with Gasteiger partial charge in [-0.05, 0) is 55.4 Å². The van der Waals surface area contributed by atoms with Gasteiger partial charge in [-0.15, -0.1) is 0 Å². The molecule has 2 aromatic carbocycles. The first-order valence-corrected chi connectivity index (χ1v) is 11.0. The first-order valence-electron chi connectivity index (χ1n) is 9.81. The van der Waals surface area contributed by atoms with Crippen LogP contribution >= 0.6 is 28.1 Å². The number of carbonyl (C=O) groups excluding carboxylic acids is 1. The van der Waals surface area contributed by atoms with Gasteiger partial charge in [-0.3, -0.25) is 10.1 Å². The Hall–Kier alpha value is -2.12. The van der Waals surface area contributed by atoms with Crippen molar-refractivity contribution < 1.29 is 14.3 Å². The third-order valence-corrected chi connectivity index (χ3v) is 4.72. The lowest BCUT2D eigenvalue weighted by molar-refractivity contribution is 0.0973. The van der Waals surface area contributed by atoms with Gasteiger partial charge in [0.25, 0.3) is 5.91 Å². The minimum absolute atomic E-state index is 0.209. The highest BCUT2D eigenvalue weighted by atomic mass is 79.9. The Morgan fingerprint density at radius 1 is 1.03 bits per heavy atom. The van der Waals surface area contributed by atoms with Gasteiger partial charge in [-0.2, -0.15) is 0 Å². The maximum Gasteiger partial charge on any atom is 0.261 e. The second-order valence-corrected chi connectivity index (χ2v) is 7.80. The van der Waals surface area contributed by atoms with Gasteiger partial charge < -0.3 is 14.8 Å². The Labute approximate surface area is 186 Å². The first-order chi connectivity index (χ1) is 14.0. The average molecular weight is 479 g/mol. The zero-order valence-electron chi connectivity index (χ0n) is 16.8. The summed E-state index contributed by atoms with van der Waals surface area (Å²) in [5.41, 5.74) is 1.18. The molecular weight excluding hydrogens is 452 g/mol. The van der Waals surface area contributed by atoms with Crippen molar-refractivity contribution in [1.82, 2.24) is 5.32 Å². The van der Waals surface area contributed by atoms with Crippen LogP contribution in [0.1, 0.15) is 49.9 Å². The predicted molar refractivity (Wildman–Crippen MR) is 125 cm³/mol. The molecular formula is C22H27BrN2O3S. The highest BCUT2D eigenvalue weighted by Gasteiger charge is 2.15. The van der Waals surface area contributed by atoms with Crippen LogP contribution in [0.5, 0.6) is 11.5 Å². The van der Waals surface area contributed by atoms with Crippen molar-refractivity contribution in [2.24, 2.45) is 0 Å². The lowest BCUT2D eigenvalue weighted by Gasteiger charge is -2.14. The highest BCUT2D eigenvalue weighted by molar-refractivity contribution is 9.10. The molecule has 2 N–H and O–H groups in total. The molecule has 2 rings (SSSR count). The fraction of sp³-hybridized carbons (Fsp3) is 0.364. The van der Waals surface area contributed by atoms with Gasteiger partial charge in [0, 0.05) is 16.2 Å². The quantitative estimate of drug-likeness (QED) is 0.327. The van der Waals surface area contributed by atoms with Gasteiger partial charge in [-0.25, -0.2) is 0 Å². The van der Waals surface area contributed by atoms with E-state index in [0.29, 0.717) is 24.5 Å². The van der Waals surface area contributed by atoms with Gasteiger partial charge >= 0.3 is 0 Å². The smallest absolute Gasteiger partial charge is 0.261 e. The Bertz CT molecular complexity index is 829. The summed E-state index contributed by atoms with van der Waals surface area (Å²) in [5, 5.41) is 5.95. The molecule has 0 aromatic heterocycles. The molecule has 0 heterocycles. The van der Waals surface area contributed by atoms with Crippen molar-refractivity contribution in [3.8, 4) is 11.5 Å². The van der Waals surface area contributed by atoms with Crippen molar-refractivity contribution >= 4 is 44.9 Å². The number of thiocarbonyl (C=S) groups is 1. The molecule has 0 aliphatic heterocycles. The topological polar surface area (TPSA) is 59.6 Å². The van der Waals surface area contributed by atoms with E-state index in [2.05, 4.69) is 40.4 Å². The molecule has 156 valence electrons. The van der Waals surface area contributed by atoms with Crippen molar-refractivity contribution in [2.45, 2.75) is 39.5 Å². The number of benzene rings is 2. The van der Waals surface area contributed by atoms with Crippen LogP contribution in [-0.2, 0) is 0 Å². The number of rotatable bonds is 10. The van der Waals surface area contributed by atoms with E-state index >= 15 is 0 Å². The summed E-state index contributed by atoms with van der Waals surface area (Å²) in [4.78, 5) is 12.7. The SMILES string of the molecule is CCCCOc1cccc(NC(=S)NC(=O)c2cc(Br)ccc2OCCCC)c1. The Kier molecular flexibility index (Phi) is 9.94. The van der Waals surface area contributed by atoms with Crippen LogP contribution in [0.25, 0.3) is 0 Å². The maximum absolute atomic E-state index is 12.7. The van der Waals surface area contributed by atoms with E-state index in [0.717, 1.165) is 41.6 Å². The second-order valence-electron chi connectivity index (χ2n) is 6.48. The number of nitrogens with one attached hydrogen (secondary N) is 2. The molecule has 0 bridgehead atoms. The standard InChI is InChI=1S/C22H27BrN2O3S/c1-3-5-12-27-18-9-7-8-17(15-18)24-22(29)25-21(26)19-14-16(23)10-11-20(19)28-13-6-4-2/h7-11,14-15H,3-6,12-13H2,1-2H3,(H2,24,25,26,29). The van der Waals surface area contributed by atoms with E-state index in [1.807, 2.05) is 30.3 Å². The van der Waals surface area contributed by atoms with Crippen LogP contribution < -0.4 is 20.1 Å². The largest absolute Gasteiger partial charge is 0.494 e. The van der Waals surface area contributed by atoms with E-state index < -0.39 is 0 Å². The normalized spacial score (nSPS) is 10.3. The molecule has 0 unspecified atom stereocenters. The number of ether oxygens (including phenoxy) is 2. The van der Waals surface area contributed by atoms with E-state index in [4.69, 9.17) is 21.7 Å². The number of carbonyl (C=O) groups is 1. The Morgan fingerprint density at radius 3 is 2.48 bits per heavy atom. The molecule has 0 radical (unpaired) electrons. The lowest BCUT2D eigenvalue weighted by atomic mass is 10.2. The molecule has 0 fully saturated rings. The van der Waals surface area contributed by atoms with Crippen LogP contribution in [0.3, 0.4) is 0 Å². The summed E-state index contributed by atoms with van der Waals surface area (Å²) in [6.07, 6.45) is 4.02. The molecule has 0 aliphatic rings. The molecule has 0 spiro atoms. The first kappa shape index (κ1) is 23.2. The van der Waals surface area contributed by atoms with Gasteiger partial charge in [0.05, 0.1) is 18.8 Å². The Balaban J connectivity index is 1.99. The van der Waals surface area contributed by atoms with Gasteiger partial charge in [0.2, 0.25) is 0 Å². The van der Waals surface area contributed by atoms with Gasteiger partial charge in [0.1, 0.15) is 11.5 Å². The fourth-order valence-corrected chi connectivity index (χ4v) is 3.03. The Morgan fingerprint density at radius 2 is 1.76 bits per heavy atom. The predicted octanol–water partition coefficient (Wildman–Crippen LogP) is 5.93. The molecule has 5 nitrogen and oxygen atoms in total. The third kappa shape index (κ3) is 8.03. The molecule has 0 aliphatic carbocycles. The van der Waals surface area contributed by atoms with Crippen LogP contribution in [0.4, 0.5) is 5.69 Å². The van der Waals surface area contributed by atoms with Crippen LogP contribution in [0.2, 0.25) is 0 Å². The van der Waals surface area contributed by atoms with Crippen LogP contribution in [-0.4, -0.2) is 24.2 Å². The van der Waals surface area contributed by atoms with E-state index in [-0.39, 0.29) is 11.0 Å². The summed E-state index contributed by atoms with van der Waals surface area (Å²) in [5.74, 6) is 0.968. The molecule has 0 saturated heterocycles. The van der Waals surface area contributed by atoms with Crippen molar-refractivity contribution in [3.63, 3.8) is 0 Å². The number of hydrogen-bond acceptors (Lipinski definition) is 4. The molecule has 0 saturated carbocycles. The fourth-order valence-electron chi connectivity index (χ4n) is 2.46. The van der Waals surface area contributed by atoms with Crippen molar-refractivity contribution in [2.75, 3.05) is 18.5 Å². The second kappa shape index (κ2) is 12.4. The molecule has 29 heavy (non-hydrogen) atoms. The van der Waals surface area contributed by atoms with Crippen molar-refractivity contribution in [3.05, 3.63) is 52.5 Å². The van der Waals surface area contributed by atoms with Gasteiger partial charge in [0.15, 0.2) is 5.11 Å². The number of hydrogen-bond donors (Lipinski definition) is 2. The maximum atomic E-state index is 12.7. The number of unbranched alkanes of at least 4 members (excludes halogenated alkanes) is 2. The molecule has 0 atom stereocenters. The molecule has 7 heteroatoms.